The van der Waals surface area contributed by atoms with E-state index in [1.54, 1.807) is 6.92 Å². The number of alkyl halides is 3. The predicted octanol–water partition coefficient (Wildman–Crippen LogP) is 1.92. The van der Waals surface area contributed by atoms with Crippen LogP contribution in [-0.2, 0) is 17.5 Å². The Morgan fingerprint density at radius 2 is 2.14 bits per heavy atom. The van der Waals surface area contributed by atoms with E-state index in [9.17, 15) is 18.0 Å². The Morgan fingerprint density at radius 3 is 2.81 bits per heavy atom. The van der Waals surface area contributed by atoms with Gasteiger partial charge in [-0.1, -0.05) is 12.1 Å². The number of esters is 1. The number of hydrogen-bond donors (Lipinski definition) is 0. The molecule has 0 aliphatic heterocycles. The molecule has 0 bridgehead atoms. The number of aromatic nitrogens is 4. The van der Waals surface area contributed by atoms with Gasteiger partial charge in [-0.05, 0) is 35.0 Å². The van der Waals surface area contributed by atoms with Crippen LogP contribution in [0, 0.1) is 0 Å². The third kappa shape index (κ3) is 3.56. The van der Waals surface area contributed by atoms with Crippen LogP contribution in [0.25, 0.3) is 0 Å². The van der Waals surface area contributed by atoms with Gasteiger partial charge in [0.15, 0.2) is 0 Å². The van der Waals surface area contributed by atoms with Crippen molar-refractivity contribution >= 4 is 5.97 Å². The molecule has 0 atom stereocenters. The van der Waals surface area contributed by atoms with Crippen LogP contribution >= 0.6 is 0 Å². The quantitative estimate of drug-likeness (QED) is 0.807. The maximum Gasteiger partial charge on any atom is 0.416 e. The fourth-order valence-corrected chi connectivity index (χ4v) is 1.67. The van der Waals surface area contributed by atoms with Gasteiger partial charge in [0.25, 0.3) is 5.82 Å². The third-order valence-electron chi connectivity index (χ3n) is 2.58. The Labute approximate surface area is 117 Å². The van der Waals surface area contributed by atoms with Crippen LogP contribution in [0.15, 0.2) is 24.3 Å². The van der Waals surface area contributed by atoms with E-state index in [4.69, 9.17) is 4.74 Å². The monoisotopic (exact) mass is 300 g/mol. The van der Waals surface area contributed by atoms with Crippen molar-refractivity contribution in [2.75, 3.05) is 6.61 Å². The normalized spacial score (nSPS) is 11.4. The van der Waals surface area contributed by atoms with Crippen molar-refractivity contribution in [2.45, 2.75) is 19.6 Å². The highest BCUT2D eigenvalue weighted by molar-refractivity contribution is 5.85. The zero-order valence-corrected chi connectivity index (χ0v) is 11.0. The Kier molecular flexibility index (Phi) is 4.20. The van der Waals surface area contributed by atoms with E-state index in [0.29, 0.717) is 5.56 Å². The lowest BCUT2D eigenvalue weighted by Gasteiger charge is -2.09. The molecule has 112 valence electrons. The maximum atomic E-state index is 12.6. The molecule has 6 nitrogen and oxygen atoms in total. The molecule has 0 amide bonds. The summed E-state index contributed by atoms with van der Waals surface area (Å²) in [6, 6.07) is 4.73. The third-order valence-corrected chi connectivity index (χ3v) is 2.58. The van der Waals surface area contributed by atoms with Crippen LogP contribution in [0.3, 0.4) is 0 Å². The number of rotatable bonds is 4. The van der Waals surface area contributed by atoms with Crippen molar-refractivity contribution in [3.8, 4) is 0 Å². The first-order chi connectivity index (χ1) is 9.91. The summed E-state index contributed by atoms with van der Waals surface area (Å²) < 4.78 is 43.8. The Morgan fingerprint density at radius 1 is 1.38 bits per heavy atom. The minimum atomic E-state index is -4.43. The molecule has 2 rings (SSSR count). The van der Waals surface area contributed by atoms with Crippen LogP contribution in [0.4, 0.5) is 13.2 Å². The summed E-state index contributed by atoms with van der Waals surface area (Å²) in [6.07, 6.45) is -4.43. The number of ether oxygens (including phenoxy) is 1. The molecule has 0 radical (unpaired) electrons. The number of carbonyl (C=O) groups excluding carboxylic acids is 1. The van der Waals surface area contributed by atoms with Crippen LogP contribution in [-0.4, -0.2) is 32.8 Å². The Bertz CT molecular complexity index is 639. The molecule has 0 aliphatic rings. The topological polar surface area (TPSA) is 69.9 Å². The molecule has 9 heteroatoms. The molecule has 0 saturated heterocycles. The first-order valence-corrected chi connectivity index (χ1v) is 6.01. The van der Waals surface area contributed by atoms with E-state index < -0.39 is 17.7 Å². The molecule has 0 fully saturated rings. The minimum Gasteiger partial charge on any atom is -0.460 e. The van der Waals surface area contributed by atoms with E-state index in [-0.39, 0.29) is 19.0 Å². The number of halogens is 3. The average Bonchev–Trinajstić information content (AvgIpc) is 2.86. The van der Waals surface area contributed by atoms with E-state index in [2.05, 4.69) is 15.5 Å². The van der Waals surface area contributed by atoms with Crippen LogP contribution in [0.1, 0.15) is 28.7 Å². The second-order valence-corrected chi connectivity index (χ2v) is 4.08. The fourth-order valence-electron chi connectivity index (χ4n) is 1.67. The van der Waals surface area contributed by atoms with E-state index >= 15 is 0 Å². The summed E-state index contributed by atoms with van der Waals surface area (Å²) in [5.74, 6) is -0.885. The number of carbonyl (C=O) groups is 1. The molecule has 1 heterocycles. The lowest BCUT2D eigenvalue weighted by molar-refractivity contribution is -0.137. The standard InChI is InChI=1S/C12H11F3N4O2/c1-2-21-11(20)10-16-17-18-19(10)7-8-4-3-5-9(6-8)12(13,14)15/h3-6H,2,7H2,1H3. The highest BCUT2D eigenvalue weighted by atomic mass is 19.4. The van der Waals surface area contributed by atoms with Crippen molar-refractivity contribution in [2.24, 2.45) is 0 Å². The highest BCUT2D eigenvalue weighted by Gasteiger charge is 2.30. The van der Waals surface area contributed by atoms with E-state index in [0.717, 1.165) is 16.8 Å². The highest BCUT2D eigenvalue weighted by Crippen LogP contribution is 2.29. The van der Waals surface area contributed by atoms with Crippen LogP contribution in [0.5, 0.6) is 0 Å². The SMILES string of the molecule is CCOC(=O)c1nnnn1Cc1cccc(C(F)(F)F)c1. The number of tetrazole rings is 1. The van der Waals surface area contributed by atoms with Gasteiger partial charge in [0.2, 0.25) is 0 Å². The fraction of sp³-hybridized carbons (Fsp3) is 0.333. The van der Waals surface area contributed by atoms with Crippen molar-refractivity contribution in [3.05, 3.63) is 41.2 Å². The molecular weight excluding hydrogens is 289 g/mol. The van der Waals surface area contributed by atoms with Crippen molar-refractivity contribution in [3.63, 3.8) is 0 Å². The zero-order chi connectivity index (χ0) is 15.5. The zero-order valence-electron chi connectivity index (χ0n) is 11.0. The van der Waals surface area contributed by atoms with Gasteiger partial charge < -0.3 is 4.74 Å². The molecule has 1 aromatic heterocycles. The molecule has 21 heavy (non-hydrogen) atoms. The molecule has 0 saturated carbocycles. The van der Waals surface area contributed by atoms with Gasteiger partial charge in [0.05, 0.1) is 18.7 Å². The molecule has 0 unspecified atom stereocenters. The number of benzene rings is 1. The minimum absolute atomic E-state index is 0.0644. The average molecular weight is 300 g/mol. The largest absolute Gasteiger partial charge is 0.460 e. The lowest BCUT2D eigenvalue weighted by Crippen LogP contribution is -2.15. The number of nitrogens with zero attached hydrogens (tertiary/aromatic N) is 4. The second kappa shape index (κ2) is 5.90. The summed E-state index contributed by atoms with van der Waals surface area (Å²) in [7, 11) is 0. The van der Waals surface area contributed by atoms with Crippen LogP contribution in [0.2, 0.25) is 0 Å². The van der Waals surface area contributed by atoms with Gasteiger partial charge in [0, 0.05) is 0 Å². The summed E-state index contributed by atoms with van der Waals surface area (Å²) in [6.45, 7) is 1.71. The smallest absolute Gasteiger partial charge is 0.416 e. The van der Waals surface area contributed by atoms with Crippen molar-refractivity contribution < 1.29 is 22.7 Å². The van der Waals surface area contributed by atoms with Gasteiger partial charge >= 0.3 is 12.1 Å². The molecule has 0 N–H and O–H groups in total. The van der Waals surface area contributed by atoms with Gasteiger partial charge in [0.1, 0.15) is 0 Å². The summed E-state index contributed by atoms with van der Waals surface area (Å²) in [4.78, 5) is 11.6. The van der Waals surface area contributed by atoms with Gasteiger partial charge in [-0.2, -0.15) is 13.2 Å². The van der Waals surface area contributed by atoms with Gasteiger partial charge in [-0.3, -0.25) is 0 Å². The predicted molar refractivity (Wildman–Crippen MR) is 64.3 cm³/mol. The first kappa shape index (κ1) is 14.9. The van der Waals surface area contributed by atoms with Gasteiger partial charge in [-0.15, -0.1) is 5.10 Å². The Hall–Kier alpha value is -2.45. The Balaban J connectivity index is 2.23. The molecule has 0 spiro atoms. The lowest BCUT2D eigenvalue weighted by atomic mass is 10.1. The summed E-state index contributed by atoms with van der Waals surface area (Å²) >= 11 is 0. The summed E-state index contributed by atoms with van der Waals surface area (Å²) in [5.41, 5.74) is -0.451. The molecule has 1 aromatic carbocycles. The number of hydrogen-bond acceptors (Lipinski definition) is 5. The van der Waals surface area contributed by atoms with E-state index in [1.165, 1.54) is 12.1 Å². The second-order valence-electron chi connectivity index (χ2n) is 4.08. The molecule has 2 aromatic rings. The van der Waals surface area contributed by atoms with E-state index in [1.807, 2.05) is 0 Å². The molecular formula is C12H11F3N4O2. The van der Waals surface area contributed by atoms with Crippen molar-refractivity contribution in [1.29, 1.82) is 0 Å². The van der Waals surface area contributed by atoms with Crippen molar-refractivity contribution in [1.82, 2.24) is 20.2 Å². The first-order valence-electron chi connectivity index (χ1n) is 6.01. The molecule has 0 aliphatic carbocycles. The summed E-state index contributed by atoms with van der Waals surface area (Å²) in [5, 5.41) is 10.4. The maximum absolute atomic E-state index is 12.6. The van der Waals surface area contributed by atoms with Crippen LogP contribution < -0.4 is 0 Å². The van der Waals surface area contributed by atoms with Gasteiger partial charge in [-0.25, -0.2) is 9.48 Å².